The standard InChI is InChI=1S/C19H21N9O.HI/c1-20-19(22-12-17-26-25-16-5-3-4-10-28(16)17)21-11-15-23-18(27-24-15)13-6-8-14(29-2)9-7-13;/h3-10H,11-12H2,1-2H3,(H2,20,21,22)(H,23,24,27);1H. The van der Waals surface area contributed by atoms with Crippen LogP contribution in [-0.4, -0.2) is 49.9 Å². The zero-order valence-corrected chi connectivity index (χ0v) is 18.9. The molecule has 4 rings (SSSR count). The van der Waals surface area contributed by atoms with Gasteiger partial charge in [-0.2, -0.15) is 5.10 Å². The van der Waals surface area contributed by atoms with Crippen molar-refractivity contribution in [2.45, 2.75) is 13.1 Å². The smallest absolute Gasteiger partial charge is 0.191 e. The Balaban J connectivity index is 0.00000256. The SMILES string of the molecule is CN=C(NCc1nc(-c2ccc(OC)cc2)n[nH]1)NCc1nnc2ccccn12.I. The molecule has 3 N–H and O–H groups in total. The normalized spacial score (nSPS) is 11.2. The lowest BCUT2D eigenvalue weighted by Crippen LogP contribution is -2.37. The van der Waals surface area contributed by atoms with Crippen LogP contribution in [0.3, 0.4) is 0 Å². The van der Waals surface area contributed by atoms with E-state index >= 15 is 0 Å². The summed E-state index contributed by atoms with van der Waals surface area (Å²) in [6, 6.07) is 13.4. The largest absolute Gasteiger partial charge is 0.497 e. The molecule has 0 saturated carbocycles. The molecular formula is C19H22IN9O. The van der Waals surface area contributed by atoms with E-state index in [2.05, 4.69) is 41.0 Å². The average Bonchev–Trinajstić information content (AvgIpc) is 3.41. The number of methoxy groups -OCH3 is 1. The number of halogens is 1. The van der Waals surface area contributed by atoms with Gasteiger partial charge in [-0.15, -0.1) is 34.2 Å². The third kappa shape index (κ3) is 4.84. The highest BCUT2D eigenvalue weighted by atomic mass is 127. The predicted octanol–water partition coefficient (Wildman–Crippen LogP) is 2.01. The van der Waals surface area contributed by atoms with Gasteiger partial charge in [0.15, 0.2) is 23.3 Å². The molecule has 4 aromatic rings. The summed E-state index contributed by atoms with van der Waals surface area (Å²) < 4.78 is 7.10. The molecule has 30 heavy (non-hydrogen) atoms. The van der Waals surface area contributed by atoms with Gasteiger partial charge in [0.2, 0.25) is 0 Å². The Bertz CT molecular complexity index is 1120. The number of benzene rings is 1. The summed E-state index contributed by atoms with van der Waals surface area (Å²) >= 11 is 0. The molecule has 0 aliphatic heterocycles. The van der Waals surface area contributed by atoms with E-state index < -0.39 is 0 Å². The summed E-state index contributed by atoms with van der Waals surface area (Å²) in [6.45, 7) is 0.932. The molecule has 0 bridgehead atoms. The van der Waals surface area contributed by atoms with E-state index in [1.54, 1.807) is 14.2 Å². The quantitative estimate of drug-likeness (QED) is 0.203. The molecule has 0 aliphatic carbocycles. The number of aliphatic imine (C=N–C) groups is 1. The third-order valence-electron chi connectivity index (χ3n) is 4.33. The first-order valence-electron chi connectivity index (χ1n) is 9.05. The molecular weight excluding hydrogens is 497 g/mol. The van der Waals surface area contributed by atoms with Crippen LogP contribution in [0.2, 0.25) is 0 Å². The first-order chi connectivity index (χ1) is 14.3. The lowest BCUT2D eigenvalue weighted by atomic mass is 10.2. The number of guanidine groups is 1. The van der Waals surface area contributed by atoms with Gasteiger partial charge in [0.1, 0.15) is 11.6 Å². The molecule has 1 aromatic carbocycles. The van der Waals surface area contributed by atoms with E-state index in [1.807, 2.05) is 53.1 Å². The number of H-pyrrole nitrogens is 1. The van der Waals surface area contributed by atoms with Crippen LogP contribution in [0.4, 0.5) is 0 Å². The minimum atomic E-state index is 0. The molecule has 3 aromatic heterocycles. The predicted molar refractivity (Wildman–Crippen MR) is 124 cm³/mol. The monoisotopic (exact) mass is 519 g/mol. The lowest BCUT2D eigenvalue weighted by molar-refractivity contribution is 0.415. The summed E-state index contributed by atoms with van der Waals surface area (Å²) in [5.41, 5.74) is 1.72. The molecule has 0 spiro atoms. The Morgan fingerprint density at radius 3 is 2.67 bits per heavy atom. The number of fused-ring (bicyclic) bond motifs is 1. The van der Waals surface area contributed by atoms with Crippen LogP contribution in [0, 0.1) is 0 Å². The molecule has 0 atom stereocenters. The summed E-state index contributed by atoms with van der Waals surface area (Å²) in [6.07, 6.45) is 1.93. The number of pyridine rings is 1. The van der Waals surface area contributed by atoms with Crippen molar-refractivity contribution in [3.05, 3.63) is 60.3 Å². The molecule has 0 aliphatic rings. The number of nitrogens with one attached hydrogen (secondary N) is 3. The number of rotatable bonds is 6. The van der Waals surface area contributed by atoms with Crippen LogP contribution in [-0.2, 0) is 13.1 Å². The maximum Gasteiger partial charge on any atom is 0.191 e. The molecule has 3 heterocycles. The number of ether oxygens (including phenoxy) is 1. The average molecular weight is 519 g/mol. The van der Waals surface area contributed by atoms with Gasteiger partial charge in [-0.3, -0.25) is 14.5 Å². The highest BCUT2D eigenvalue weighted by molar-refractivity contribution is 14.0. The number of nitrogens with zero attached hydrogens (tertiary/aromatic N) is 6. The van der Waals surface area contributed by atoms with Crippen LogP contribution in [0.25, 0.3) is 17.0 Å². The van der Waals surface area contributed by atoms with Gasteiger partial charge in [-0.05, 0) is 36.4 Å². The number of hydrogen-bond acceptors (Lipinski definition) is 6. The van der Waals surface area contributed by atoms with E-state index in [-0.39, 0.29) is 24.0 Å². The fourth-order valence-corrected chi connectivity index (χ4v) is 2.81. The second kappa shape index (κ2) is 10.0. The maximum atomic E-state index is 5.17. The van der Waals surface area contributed by atoms with E-state index in [0.717, 1.165) is 22.8 Å². The zero-order valence-electron chi connectivity index (χ0n) is 16.5. The highest BCUT2D eigenvalue weighted by Gasteiger charge is 2.08. The fraction of sp³-hybridized carbons (Fsp3) is 0.211. The second-order valence-electron chi connectivity index (χ2n) is 6.16. The first-order valence-corrected chi connectivity index (χ1v) is 9.05. The highest BCUT2D eigenvalue weighted by Crippen LogP contribution is 2.18. The van der Waals surface area contributed by atoms with E-state index in [0.29, 0.717) is 30.7 Å². The number of aromatic amines is 1. The molecule has 11 heteroatoms. The minimum absolute atomic E-state index is 0. The Morgan fingerprint density at radius 1 is 1.10 bits per heavy atom. The third-order valence-corrected chi connectivity index (χ3v) is 4.33. The van der Waals surface area contributed by atoms with Crippen molar-refractivity contribution in [3.63, 3.8) is 0 Å². The Labute approximate surface area is 190 Å². The topological polar surface area (TPSA) is 117 Å². The van der Waals surface area contributed by atoms with Gasteiger partial charge in [0.05, 0.1) is 20.2 Å². The molecule has 0 amide bonds. The first kappa shape index (κ1) is 21.5. The Morgan fingerprint density at radius 2 is 1.90 bits per heavy atom. The fourth-order valence-electron chi connectivity index (χ4n) is 2.81. The maximum absolute atomic E-state index is 5.17. The molecule has 0 fully saturated rings. The van der Waals surface area contributed by atoms with Crippen molar-refractivity contribution in [2.24, 2.45) is 4.99 Å². The zero-order chi connectivity index (χ0) is 20.1. The van der Waals surface area contributed by atoms with Gasteiger partial charge < -0.3 is 15.4 Å². The number of hydrogen-bond donors (Lipinski definition) is 3. The van der Waals surface area contributed by atoms with E-state index in [9.17, 15) is 0 Å². The summed E-state index contributed by atoms with van der Waals surface area (Å²) in [5, 5.41) is 22.0. The molecule has 0 unspecified atom stereocenters. The van der Waals surface area contributed by atoms with Crippen molar-refractivity contribution in [2.75, 3.05) is 14.2 Å². The van der Waals surface area contributed by atoms with Gasteiger partial charge in [-0.25, -0.2) is 4.98 Å². The van der Waals surface area contributed by atoms with Crippen LogP contribution in [0.1, 0.15) is 11.6 Å². The van der Waals surface area contributed by atoms with E-state index in [1.165, 1.54) is 0 Å². The molecule has 10 nitrogen and oxygen atoms in total. The van der Waals surface area contributed by atoms with Gasteiger partial charge >= 0.3 is 0 Å². The van der Waals surface area contributed by atoms with Crippen LogP contribution < -0.4 is 15.4 Å². The van der Waals surface area contributed by atoms with Crippen LogP contribution >= 0.6 is 24.0 Å². The van der Waals surface area contributed by atoms with Crippen LogP contribution in [0.5, 0.6) is 5.75 Å². The van der Waals surface area contributed by atoms with Gasteiger partial charge in [0, 0.05) is 18.8 Å². The van der Waals surface area contributed by atoms with Gasteiger partial charge in [0.25, 0.3) is 0 Å². The van der Waals surface area contributed by atoms with Crippen molar-refractivity contribution in [1.29, 1.82) is 0 Å². The van der Waals surface area contributed by atoms with Crippen molar-refractivity contribution >= 4 is 35.6 Å². The van der Waals surface area contributed by atoms with E-state index in [4.69, 9.17) is 4.74 Å². The minimum Gasteiger partial charge on any atom is -0.497 e. The Kier molecular flexibility index (Phi) is 7.17. The lowest BCUT2D eigenvalue weighted by Gasteiger charge is -2.09. The van der Waals surface area contributed by atoms with Gasteiger partial charge in [-0.1, -0.05) is 6.07 Å². The summed E-state index contributed by atoms with van der Waals surface area (Å²) in [7, 11) is 3.35. The number of aromatic nitrogens is 6. The second-order valence-corrected chi connectivity index (χ2v) is 6.16. The van der Waals surface area contributed by atoms with Crippen LogP contribution in [0.15, 0.2) is 53.7 Å². The molecule has 156 valence electrons. The van der Waals surface area contributed by atoms with Crippen molar-refractivity contribution < 1.29 is 4.74 Å². The van der Waals surface area contributed by atoms with Crippen molar-refractivity contribution in [3.8, 4) is 17.1 Å². The van der Waals surface area contributed by atoms with Crippen molar-refractivity contribution in [1.82, 2.24) is 40.4 Å². The molecule has 0 radical (unpaired) electrons. The summed E-state index contributed by atoms with van der Waals surface area (Å²) in [5.74, 6) is 3.54. The Hall–Kier alpha value is -3.22. The summed E-state index contributed by atoms with van der Waals surface area (Å²) in [4.78, 5) is 8.74. The molecule has 0 saturated heterocycles.